The molecule has 2 aromatic carbocycles. The van der Waals surface area contributed by atoms with Crippen LogP contribution in [0.5, 0.6) is 5.75 Å². The Morgan fingerprint density at radius 3 is 2.57 bits per heavy atom. The first-order valence-corrected chi connectivity index (χ1v) is 9.69. The maximum absolute atomic E-state index is 12.5. The normalized spacial score (nSPS) is 16.3. The third kappa shape index (κ3) is 5.26. The Hall–Kier alpha value is -3.59. The summed E-state index contributed by atoms with van der Waals surface area (Å²) in [6.07, 6.45) is 1.64. The van der Waals surface area contributed by atoms with Gasteiger partial charge < -0.3 is 14.9 Å². The molecule has 1 fully saturated rings. The molecule has 1 saturated heterocycles. The number of hydrogen-bond donors (Lipinski definition) is 2. The molecule has 2 N–H and O–H groups in total. The summed E-state index contributed by atoms with van der Waals surface area (Å²) in [5.41, 5.74) is 1.34. The quantitative estimate of drug-likeness (QED) is 0.651. The van der Waals surface area contributed by atoms with E-state index in [0.29, 0.717) is 21.5 Å². The van der Waals surface area contributed by atoms with Gasteiger partial charge in [0.25, 0.3) is 5.91 Å². The summed E-state index contributed by atoms with van der Waals surface area (Å²) in [6, 6.07) is 13.1. The number of aromatic carboxylic acids is 1. The molecule has 0 aliphatic carbocycles. The molecule has 1 heterocycles. The molecule has 0 bridgehead atoms. The number of nitrogens with zero attached hydrogens (tertiary/aromatic N) is 2. The number of aliphatic imine (C=N–C) groups is 1. The fourth-order valence-electron chi connectivity index (χ4n) is 2.54. The number of thioether (sulfide) groups is 1. The lowest BCUT2D eigenvalue weighted by atomic mass is 10.2. The van der Waals surface area contributed by atoms with Gasteiger partial charge in [0.1, 0.15) is 5.75 Å². The summed E-state index contributed by atoms with van der Waals surface area (Å²) in [7, 11) is 1.61. The van der Waals surface area contributed by atoms with Gasteiger partial charge in [-0.05, 0) is 53.7 Å². The van der Waals surface area contributed by atoms with Crippen LogP contribution in [0.25, 0.3) is 6.08 Å². The van der Waals surface area contributed by atoms with Crippen molar-refractivity contribution in [1.82, 2.24) is 4.90 Å². The van der Waals surface area contributed by atoms with Crippen molar-refractivity contribution in [1.29, 1.82) is 0 Å². The molecular formula is C21H18N2O6S. The minimum atomic E-state index is -1.04. The minimum Gasteiger partial charge on any atom is -0.493 e. The molecule has 9 heteroatoms. The van der Waals surface area contributed by atoms with E-state index >= 15 is 0 Å². The number of carboxylic acids is 2. The lowest BCUT2D eigenvalue weighted by Gasteiger charge is -2.07. The van der Waals surface area contributed by atoms with E-state index in [0.717, 1.165) is 5.56 Å². The van der Waals surface area contributed by atoms with Gasteiger partial charge in [-0.2, -0.15) is 0 Å². The first-order valence-electron chi connectivity index (χ1n) is 8.88. The second kappa shape index (κ2) is 9.27. The van der Waals surface area contributed by atoms with Crippen LogP contribution in [0.2, 0.25) is 0 Å². The van der Waals surface area contributed by atoms with Gasteiger partial charge in [0.15, 0.2) is 5.17 Å². The number of ether oxygens (including phenoxy) is 1. The Kier molecular flexibility index (Phi) is 6.53. The van der Waals surface area contributed by atoms with Gasteiger partial charge in [-0.1, -0.05) is 18.2 Å². The second-order valence-corrected chi connectivity index (χ2v) is 7.30. The summed E-state index contributed by atoms with van der Waals surface area (Å²) >= 11 is 1.20. The number of hydrogen-bond acceptors (Lipinski definition) is 6. The molecule has 1 aliphatic heterocycles. The third-order valence-corrected chi connectivity index (χ3v) is 5.14. The Morgan fingerprint density at radius 1 is 1.17 bits per heavy atom. The molecule has 1 aliphatic rings. The Labute approximate surface area is 176 Å². The molecule has 2 aromatic rings. The van der Waals surface area contributed by atoms with E-state index in [-0.39, 0.29) is 24.5 Å². The van der Waals surface area contributed by atoms with Crippen LogP contribution in [0, 0.1) is 0 Å². The molecule has 8 nitrogen and oxygen atoms in total. The summed E-state index contributed by atoms with van der Waals surface area (Å²) in [5.74, 6) is -1.64. The van der Waals surface area contributed by atoms with Gasteiger partial charge in [-0.3, -0.25) is 14.5 Å². The largest absolute Gasteiger partial charge is 0.493 e. The number of rotatable bonds is 7. The molecule has 0 atom stereocenters. The highest BCUT2D eigenvalue weighted by atomic mass is 32.2. The van der Waals surface area contributed by atoms with E-state index in [1.165, 1.54) is 28.8 Å². The van der Waals surface area contributed by atoms with Gasteiger partial charge >= 0.3 is 11.9 Å². The molecule has 0 saturated carbocycles. The predicted molar refractivity (Wildman–Crippen MR) is 113 cm³/mol. The first-order chi connectivity index (χ1) is 14.3. The topological polar surface area (TPSA) is 117 Å². The van der Waals surface area contributed by atoms with E-state index in [4.69, 9.17) is 14.9 Å². The number of benzene rings is 2. The van der Waals surface area contributed by atoms with Crippen LogP contribution in [0.4, 0.5) is 5.69 Å². The third-order valence-electron chi connectivity index (χ3n) is 4.08. The van der Waals surface area contributed by atoms with Gasteiger partial charge in [-0.15, -0.1) is 0 Å². The predicted octanol–water partition coefficient (Wildman–Crippen LogP) is 3.47. The smallest absolute Gasteiger partial charge is 0.335 e. The van der Waals surface area contributed by atoms with Crippen LogP contribution in [-0.2, 0) is 9.59 Å². The average molecular weight is 426 g/mol. The van der Waals surface area contributed by atoms with Crippen LogP contribution < -0.4 is 4.74 Å². The van der Waals surface area contributed by atoms with Gasteiger partial charge in [0, 0.05) is 7.05 Å². The molecule has 30 heavy (non-hydrogen) atoms. The zero-order valence-corrected chi connectivity index (χ0v) is 16.8. The van der Waals surface area contributed by atoms with Crippen LogP contribution in [-0.4, -0.2) is 51.8 Å². The maximum Gasteiger partial charge on any atom is 0.335 e. The number of carbonyl (C=O) groups excluding carboxylic acids is 1. The first kappa shape index (κ1) is 21.1. The van der Waals surface area contributed by atoms with Crippen molar-refractivity contribution in [2.24, 2.45) is 4.99 Å². The van der Waals surface area contributed by atoms with E-state index in [1.54, 1.807) is 49.5 Å². The van der Waals surface area contributed by atoms with Crippen molar-refractivity contribution in [3.63, 3.8) is 0 Å². The van der Waals surface area contributed by atoms with Gasteiger partial charge in [0.05, 0.1) is 29.2 Å². The van der Waals surface area contributed by atoms with E-state index in [2.05, 4.69) is 4.99 Å². The van der Waals surface area contributed by atoms with Gasteiger partial charge in [0.2, 0.25) is 0 Å². The number of aliphatic carboxylic acids is 1. The van der Waals surface area contributed by atoms with Crippen LogP contribution in [0.1, 0.15) is 22.3 Å². The highest BCUT2D eigenvalue weighted by Crippen LogP contribution is 2.33. The SMILES string of the molecule is CN1C(=O)/C(=C/c2ccc(OCCC(=O)O)cc2)SC1=Nc1cccc(C(=O)O)c1. The van der Waals surface area contributed by atoms with E-state index < -0.39 is 11.9 Å². The van der Waals surface area contributed by atoms with Crippen molar-refractivity contribution in [2.45, 2.75) is 6.42 Å². The van der Waals surface area contributed by atoms with Crippen LogP contribution in [0.15, 0.2) is 58.4 Å². The molecular weight excluding hydrogens is 408 g/mol. The Balaban J connectivity index is 1.74. The Bertz CT molecular complexity index is 1050. The number of amides is 1. The maximum atomic E-state index is 12.5. The molecule has 0 aromatic heterocycles. The summed E-state index contributed by atoms with van der Waals surface area (Å²) in [4.78, 5) is 40.5. The monoisotopic (exact) mass is 426 g/mol. The second-order valence-electron chi connectivity index (χ2n) is 6.29. The Morgan fingerprint density at radius 2 is 1.90 bits per heavy atom. The number of carbonyl (C=O) groups is 3. The standard InChI is InChI=1S/C21H18N2O6S/c1-23-19(26)17(11-13-5-7-16(8-6-13)29-10-9-18(24)25)30-21(23)22-15-4-2-3-14(12-15)20(27)28/h2-8,11-12H,9-10H2,1H3,(H,24,25)(H,27,28)/b17-11-,22-21?. The molecule has 0 radical (unpaired) electrons. The lowest BCUT2D eigenvalue weighted by Crippen LogP contribution is -2.23. The molecule has 1 amide bonds. The number of likely N-dealkylation sites (N-methyl/N-ethyl adjacent to an activating group) is 1. The summed E-state index contributed by atoms with van der Waals surface area (Å²) in [5, 5.41) is 18.2. The van der Waals surface area contributed by atoms with E-state index in [1.807, 2.05) is 0 Å². The number of amidine groups is 1. The minimum absolute atomic E-state index is 0.0812. The summed E-state index contributed by atoms with van der Waals surface area (Å²) < 4.78 is 5.35. The van der Waals surface area contributed by atoms with Crippen molar-refractivity contribution in [3.05, 3.63) is 64.6 Å². The van der Waals surface area contributed by atoms with E-state index in [9.17, 15) is 14.4 Å². The molecule has 3 rings (SSSR count). The highest BCUT2D eigenvalue weighted by molar-refractivity contribution is 8.18. The number of carboxylic acid groups (broad SMARTS) is 2. The van der Waals surface area contributed by atoms with Crippen molar-refractivity contribution in [2.75, 3.05) is 13.7 Å². The lowest BCUT2D eigenvalue weighted by molar-refractivity contribution is -0.137. The van der Waals surface area contributed by atoms with Crippen LogP contribution in [0.3, 0.4) is 0 Å². The average Bonchev–Trinajstić information content (AvgIpc) is 2.97. The molecule has 0 unspecified atom stereocenters. The van der Waals surface area contributed by atoms with Gasteiger partial charge in [-0.25, -0.2) is 9.79 Å². The fraction of sp³-hybridized carbons (Fsp3) is 0.143. The van der Waals surface area contributed by atoms with Crippen molar-refractivity contribution < 1.29 is 29.3 Å². The zero-order chi connectivity index (χ0) is 21.7. The van der Waals surface area contributed by atoms with Crippen molar-refractivity contribution in [3.8, 4) is 5.75 Å². The highest BCUT2D eigenvalue weighted by Gasteiger charge is 2.30. The summed E-state index contributed by atoms with van der Waals surface area (Å²) in [6.45, 7) is 0.0812. The zero-order valence-electron chi connectivity index (χ0n) is 15.9. The molecule has 0 spiro atoms. The van der Waals surface area contributed by atoms with Crippen LogP contribution >= 0.6 is 11.8 Å². The molecule has 154 valence electrons. The van der Waals surface area contributed by atoms with Crippen molar-refractivity contribution >= 4 is 46.5 Å². The fourth-order valence-corrected chi connectivity index (χ4v) is 3.53.